The Hall–Kier alpha value is -0.740. The molecule has 0 atom stereocenters. The third kappa shape index (κ3) is 2.26. The maximum atomic E-state index is 9.78. The number of rotatable bonds is 1. The number of halogens is 1. The Morgan fingerprint density at radius 3 is 2.53 bits per heavy atom. The lowest BCUT2D eigenvalue weighted by molar-refractivity contribution is 0.384. The van der Waals surface area contributed by atoms with Crippen LogP contribution < -0.4 is 5.32 Å². The van der Waals surface area contributed by atoms with Crippen LogP contribution in [0, 0.1) is 0 Å². The summed E-state index contributed by atoms with van der Waals surface area (Å²) in [6.07, 6.45) is 2.01. The average Bonchev–Trinajstić information content (AvgIpc) is 2.24. The van der Waals surface area contributed by atoms with Crippen molar-refractivity contribution in [1.29, 1.82) is 0 Å². The Morgan fingerprint density at radius 2 is 1.87 bits per heavy atom. The molecule has 0 bridgehead atoms. The van der Waals surface area contributed by atoms with Gasteiger partial charge in [0.15, 0.2) is 11.5 Å². The first-order chi connectivity index (χ1) is 7.18. The van der Waals surface area contributed by atoms with Gasteiger partial charge in [-0.2, -0.15) is 0 Å². The Labute approximate surface area is 97.3 Å². The number of piperidine rings is 1. The molecule has 0 aliphatic carbocycles. The van der Waals surface area contributed by atoms with E-state index in [4.69, 9.17) is 0 Å². The molecule has 1 aromatic carbocycles. The topological polar surface area (TPSA) is 52.5 Å². The zero-order chi connectivity index (χ0) is 10.8. The van der Waals surface area contributed by atoms with Gasteiger partial charge in [0, 0.05) is 10.0 Å². The molecule has 0 saturated carbocycles. The van der Waals surface area contributed by atoms with Crippen molar-refractivity contribution in [2.75, 3.05) is 13.1 Å². The van der Waals surface area contributed by atoms with Crippen LogP contribution in [-0.4, -0.2) is 23.3 Å². The first-order valence-corrected chi connectivity index (χ1v) is 5.90. The minimum Gasteiger partial charge on any atom is -0.504 e. The van der Waals surface area contributed by atoms with Crippen molar-refractivity contribution < 1.29 is 10.2 Å². The molecule has 3 N–H and O–H groups in total. The van der Waals surface area contributed by atoms with E-state index in [9.17, 15) is 10.2 Å². The largest absolute Gasteiger partial charge is 0.504 e. The van der Waals surface area contributed by atoms with Crippen LogP contribution in [0.5, 0.6) is 11.5 Å². The summed E-state index contributed by atoms with van der Waals surface area (Å²) in [4.78, 5) is 0. The number of benzene rings is 1. The van der Waals surface area contributed by atoms with Gasteiger partial charge in [-0.15, -0.1) is 0 Å². The van der Waals surface area contributed by atoms with E-state index in [1.165, 1.54) is 6.07 Å². The van der Waals surface area contributed by atoms with Gasteiger partial charge in [0.05, 0.1) is 0 Å². The summed E-state index contributed by atoms with van der Waals surface area (Å²) >= 11 is 3.33. The van der Waals surface area contributed by atoms with Gasteiger partial charge in [0.25, 0.3) is 0 Å². The zero-order valence-corrected chi connectivity index (χ0v) is 9.92. The van der Waals surface area contributed by atoms with Crippen LogP contribution in [0.25, 0.3) is 0 Å². The van der Waals surface area contributed by atoms with Crippen LogP contribution in [0.15, 0.2) is 16.6 Å². The normalized spacial score (nSPS) is 17.9. The quantitative estimate of drug-likeness (QED) is 0.688. The molecule has 15 heavy (non-hydrogen) atoms. The molecule has 1 saturated heterocycles. The maximum Gasteiger partial charge on any atom is 0.161 e. The first-order valence-electron chi connectivity index (χ1n) is 5.10. The molecule has 2 rings (SSSR count). The summed E-state index contributed by atoms with van der Waals surface area (Å²) in [6, 6.07) is 3.41. The predicted molar refractivity (Wildman–Crippen MR) is 62.3 cm³/mol. The van der Waals surface area contributed by atoms with Gasteiger partial charge in [-0.3, -0.25) is 0 Å². The van der Waals surface area contributed by atoms with Crippen molar-refractivity contribution in [1.82, 2.24) is 5.32 Å². The molecule has 0 aromatic heterocycles. The van der Waals surface area contributed by atoms with E-state index >= 15 is 0 Å². The lowest BCUT2D eigenvalue weighted by Crippen LogP contribution is -2.26. The number of nitrogens with one attached hydrogen (secondary N) is 1. The minimum absolute atomic E-state index is 0.0325. The highest BCUT2D eigenvalue weighted by Gasteiger charge is 2.20. The van der Waals surface area contributed by atoms with E-state index in [2.05, 4.69) is 21.2 Å². The molecule has 1 aromatic rings. The highest BCUT2D eigenvalue weighted by Crippen LogP contribution is 2.39. The molecule has 0 amide bonds. The van der Waals surface area contributed by atoms with E-state index < -0.39 is 0 Å². The molecular formula is C11H14BrNO2. The lowest BCUT2D eigenvalue weighted by atomic mass is 9.89. The second-order valence-corrected chi connectivity index (χ2v) is 4.80. The molecule has 4 heteroatoms. The van der Waals surface area contributed by atoms with Crippen molar-refractivity contribution in [3.8, 4) is 11.5 Å². The summed E-state index contributed by atoms with van der Waals surface area (Å²) in [5.41, 5.74) is 0.850. The number of hydrogen-bond donors (Lipinski definition) is 3. The Bertz CT molecular complexity index is 362. The molecule has 1 aliphatic rings. The van der Waals surface area contributed by atoms with Crippen molar-refractivity contribution in [3.05, 3.63) is 22.2 Å². The summed E-state index contributed by atoms with van der Waals surface area (Å²) in [7, 11) is 0. The maximum absolute atomic E-state index is 9.78. The molecule has 0 unspecified atom stereocenters. The summed E-state index contributed by atoms with van der Waals surface area (Å²) in [5.74, 6) is 0.331. The SMILES string of the molecule is Oc1cc(Br)cc(C2CCNCC2)c1O. The van der Waals surface area contributed by atoms with Crippen LogP contribution in [0.3, 0.4) is 0 Å². The van der Waals surface area contributed by atoms with Crippen LogP contribution in [0.2, 0.25) is 0 Å². The number of phenolic OH excluding ortho intramolecular Hbond substituents is 2. The summed E-state index contributed by atoms with van der Waals surface area (Å²) in [5, 5.41) is 22.6. The van der Waals surface area contributed by atoms with Crippen molar-refractivity contribution in [2.45, 2.75) is 18.8 Å². The third-order valence-corrected chi connectivity index (χ3v) is 3.32. The zero-order valence-electron chi connectivity index (χ0n) is 8.33. The fraction of sp³-hybridized carbons (Fsp3) is 0.455. The van der Waals surface area contributed by atoms with Crippen molar-refractivity contribution in [2.24, 2.45) is 0 Å². The van der Waals surface area contributed by atoms with Crippen LogP contribution in [0.4, 0.5) is 0 Å². The highest BCUT2D eigenvalue weighted by atomic mass is 79.9. The smallest absolute Gasteiger partial charge is 0.161 e. The van der Waals surface area contributed by atoms with Gasteiger partial charge in [0.2, 0.25) is 0 Å². The van der Waals surface area contributed by atoms with Gasteiger partial charge in [-0.25, -0.2) is 0 Å². The van der Waals surface area contributed by atoms with E-state index in [1.807, 2.05) is 6.07 Å². The van der Waals surface area contributed by atoms with Crippen molar-refractivity contribution >= 4 is 15.9 Å². The molecule has 3 nitrogen and oxygen atoms in total. The Kier molecular flexibility index (Phi) is 3.17. The first kappa shape index (κ1) is 10.8. The van der Waals surface area contributed by atoms with E-state index in [0.29, 0.717) is 5.92 Å². The molecule has 1 fully saturated rings. The van der Waals surface area contributed by atoms with E-state index in [1.54, 1.807) is 0 Å². The van der Waals surface area contributed by atoms with Gasteiger partial charge in [0.1, 0.15) is 0 Å². The summed E-state index contributed by atoms with van der Waals surface area (Å²) < 4.78 is 0.811. The average molecular weight is 272 g/mol. The van der Waals surface area contributed by atoms with Gasteiger partial charge < -0.3 is 15.5 Å². The minimum atomic E-state index is -0.0436. The van der Waals surface area contributed by atoms with E-state index in [-0.39, 0.29) is 11.5 Å². The molecular weight excluding hydrogens is 258 g/mol. The molecule has 1 aliphatic heterocycles. The van der Waals surface area contributed by atoms with Gasteiger partial charge in [-0.1, -0.05) is 15.9 Å². The fourth-order valence-electron chi connectivity index (χ4n) is 2.05. The second-order valence-electron chi connectivity index (χ2n) is 3.89. The number of hydrogen-bond acceptors (Lipinski definition) is 3. The van der Waals surface area contributed by atoms with Crippen LogP contribution in [0.1, 0.15) is 24.3 Å². The Morgan fingerprint density at radius 1 is 1.20 bits per heavy atom. The summed E-state index contributed by atoms with van der Waals surface area (Å²) in [6.45, 7) is 1.94. The number of phenols is 2. The molecule has 0 spiro atoms. The van der Waals surface area contributed by atoms with Gasteiger partial charge in [-0.05, 0) is 44.0 Å². The lowest BCUT2D eigenvalue weighted by Gasteiger charge is -2.24. The third-order valence-electron chi connectivity index (χ3n) is 2.86. The van der Waals surface area contributed by atoms with Crippen LogP contribution in [-0.2, 0) is 0 Å². The van der Waals surface area contributed by atoms with Gasteiger partial charge >= 0.3 is 0 Å². The second kappa shape index (κ2) is 4.41. The predicted octanol–water partition coefficient (Wildman–Crippen LogP) is 2.33. The Balaban J connectivity index is 2.33. The molecule has 0 radical (unpaired) electrons. The molecule has 1 heterocycles. The standard InChI is InChI=1S/C11H14BrNO2/c12-8-5-9(11(15)10(14)6-8)7-1-3-13-4-2-7/h5-7,13-15H,1-4H2. The highest BCUT2D eigenvalue weighted by molar-refractivity contribution is 9.10. The van der Waals surface area contributed by atoms with Crippen molar-refractivity contribution in [3.63, 3.8) is 0 Å². The fourth-order valence-corrected chi connectivity index (χ4v) is 2.51. The van der Waals surface area contributed by atoms with E-state index in [0.717, 1.165) is 36.0 Å². The van der Waals surface area contributed by atoms with Crippen LogP contribution >= 0.6 is 15.9 Å². The number of aromatic hydroxyl groups is 2. The molecule has 82 valence electrons. The monoisotopic (exact) mass is 271 g/mol.